The Morgan fingerprint density at radius 3 is 2.31 bits per heavy atom. The summed E-state index contributed by atoms with van der Waals surface area (Å²) < 4.78 is 11.0. The van der Waals surface area contributed by atoms with Crippen molar-refractivity contribution in [2.45, 2.75) is 77.6 Å². The molecular formula is C23H36O3. The van der Waals surface area contributed by atoms with E-state index >= 15 is 0 Å². The molecule has 26 heavy (non-hydrogen) atoms. The molecule has 0 spiro atoms. The molecule has 3 heteroatoms. The first kappa shape index (κ1) is 18.5. The molecule has 4 rings (SSSR count). The van der Waals surface area contributed by atoms with Gasteiger partial charge >= 0.3 is 5.97 Å². The molecule has 2 bridgehead atoms. The molecule has 0 radical (unpaired) electrons. The van der Waals surface area contributed by atoms with E-state index in [2.05, 4.69) is 12.2 Å². The van der Waals surface area contributed by atoms with Crippen molar-refractivity contribution >= 4 is 5.97 Å². The van der Waals surface area contributed by atoms with E-state index in [4.69, 9.17) is 9.47 Å². The van der Waals surface area contributed by atoms with Crippen molar-refractivity contribution in [1.29, 1.82) is 0 Å². The third kappa shape index (κ3) is 3.25. The highest BCUT2D eigenvalue weighted by Crippen LogP contribution is 2.64. The van der Waals surface area contributed by atoms with Crippen LogP contribution >= 0.6 is 0 Å². The van der Waals surface area contributed by atoms with Crippen molar-refractivity contribution in [2.24, 2.45) is 35.0 Å². The topological polar surface area (TPSA) is 35.5 Å². The van der Waals surface area contributed by atoms with Crippen molar-refractivity contribution < 1.29 is 14.3 Å². The lowest BCUT2D eigenvalue weighted by Crippen LogP contribution is -2.44. The second-order valence-corrected chi connectivity index (χ2v) is 9.21. The predicted octanol–water partition coefficient (Wildman–Crippen LogP) is 5.49. The number of hydrogen-bond acceptors (Lipinski definition) is 3. The van der Waals surface area contributed by atoms with Crippen LogP contribution in [0.2, 0.25) is 0 Å². The average Bonchev–Trinajstić information content (AvgIpc) is 3.27. The molecule has 4 atom stereocenters. The Kier molecular flexibility index (Phi) is 5.73. The molecule has 0 N–H and O–H groups in total. The molecule has 3 saturated carbocycles. The van der Waals surface area contributed by atoms with E-state index in [1.54, 1.807) is 0 Å². The Labute approximate surface area is 158 Å². The first-order valence-electron chi connectivity index (χ1n) is 11.2. The summed E-state index contributed by atoms with van der Waals surface area (Å²) in [6.45, 7) is 2.65. The monoisotopic (exact) mass is 360 g/mol. The number of allylic oxidation sites excluding steroid dienone is 1. The van der Waals surface area contributed by atoms with Gasteiger partial charge < -0.3 is 9.47 Å². The number of fused-ring (bicyclic) bond motifs is 2. The van der Waals surface area contributed by atoms with Crippen molar-refractivity contribution in [2.75, 3.05) is 13.4 Å². The van der Waals surface area contributed by atoms with E-state index in [0.29, 0.717) is 30.3 Å². The zero-order chi connectivity index (χ0) is 18.0. The van der Waals surface area contributed by atoms with Crippen molar-refractivity contribution in [3.8, 4) is 0 Å². The smallest absolute Gasteiger partial charge is 0.318 e. The third-order valence-electron chi connectivity index (χ3n) is 7.93. The molecular weight excluding hydrogens is 324 g/mol. The largest absolute Gasteiger partial charge is 0.438 e. The van der Waals surface area contributed by atoms with Gasteiger partial charge in [-0.15, -0.1) is 0 Å². The first-order chi connectivity index (χ1) is 12.8. The molecule has 0 aromatic carbocycles. The maximum atomic E-state index is 13.2. The van der Waals surface area contributed by atoms with Gasteiger partial charge in [0.05, 0.1) is 5.41 Å². The zero-order valence-corrected chi connectivity index (χ0v) is 16.5. The van der Waals surface area contributed by atoms with Crippen LogP contribution in [-0.4, -0.2) is 19.4 Å². The van der Waals surface area contributed by atoms with Gasteiger partial charge in [-0.2, -0.15) is 0 Å². The summed E-state index contributed by atoms with van der Waals surface area (Å²) in [6.07, 6.45) is 19.2. The number of esters is 1. The zero-order valence-electron chi connectivity index (χ0n) is 16.5. The molecule has 0 aromatic rings. The van der Waals surface area contributed by atoms with E-state index in [-0.39, 0.29) is 18.2 Å². The molecule has 4 unspecified atom stereocenters. The lowest BCUT2D eigenvalue weighted by atomic mass is 9.59. The maximum Gasteiger partial charge on any atom is 0.318 e. The lowest BCUT2D eigenvalue weighted by molar-refractivity contribution is -0.169. The Balaban J connectivity index is 1.59. The maximum absolute atomic E-state index is 13.2. The number of carbonyl (C=O) groups is 1. The van der Waals surface area contributed by atoms with Gasteiger partial charge in [-0.3, -0.25) is 4.79 Å². The molecule has 4 aliphatic rings. The SMILES string of the molecule is CCOCOC(=O)C12C=CC(C1)C(C1CCCCC1)C2C1CCCCC1. The minimum absolute atomic E-state index is 0.00131. The van der Waals surface area contributed by atoms with Gasteiger partial charge in [-0.05, 0) is 42.9 Å². The minimum Gasteiger partial charge on any atom is -0.438 e. The van der Waals surface area contributed by atoms with Crippen LogP contribution in [0, 0.1) is 35.0 Å². The van der Waals surface area contributed by atoms with E-state index in [9.17, 15) is 4.79 Å². The summed E-state index contributed by atoms with van der Waals surface area (Å²) in [5, 5.41) is 0. The van der Waals surface area contributed by atoms with Gasteiger partial charge in [0.2, 0.25) is 0 Å². The van der Waals surface area contributed by atoms with E-state index in [1.807, 2.05) is 6.92 Å². The Hall–Kier alpha value is -0.830. The molecule has 3 fully saturated rings. The van der Waals surface area contributed by atoms with Crippen molar-refractivity contribution in [3.63, 3.8) is 0 Å². The second-order valence-electron chi connectivity index (χ2n) is 9.21. The number of rotatable bonds is 6. The molecule has 0 heterocycles. The van der Waals surface area contributed by atoms with Crippen LogP contribution in [0.3, 0.4) is 0 Å². The van der Waals surface area contributed by atoms with Crippen LogP contribution in [0.15, 0.2) is 12.2 Å². The Morgan fingerprint density at radius 2 is 1.65 bits per heavy atom. The second kappa shape index (κ2) is 8.04. The van der Waals surface area contributed by atoms with Crippen molar-refractivity contribution in [3.05, 3.63) is 12.2 Å². The average molecular weight is 361 g/mol. The van der Waals surface area contributed by atoms with Crippen LogP contribution in [0.25, 0.3) is 0 Å². The summed E-state index contributed by atoms with van der Waals surface area (Å²) >= 11 is 0. The number of ether oxygens (including phenoxy) is 2. The third-order valence-corrected chi connectivity index (χ3v) is 7.93. The molecule has 146 valence electrons. The number of carbonyl (C=O) groups excluding carboxylic acids is 1. The van der Waals surface area contributed by atoms with Gasteiger partial charge in [-0.25, -0.2) is 0 Å². The van der Waals surface area contributed by atoms with Crippen LogP contribution in [0.1, 0.15) is 77.6 Å². The Morgan fingerprint density at radius 1 is 1.00 bits per heavy atom. The highest BCUT2D eigenvalue weighted by atomic mass is 16.7. The predicted molar refractivity (Wildman–Crippen MR) is 102 cm³/mol. The highest BCUT2D eigenvalue weighted by molar-refractivity contribution is 5.81. The van der Waals surface area contributed by atoms with Crippen LogP contribution < -0.4 is 0 Å². The van der Waals surface area contributed by atoms with E-state index in [1.165, 1.54) is 64.2 Å². The van der Waals surface area contributed by atoms with Gasteiger partial charge in [0.1, 0.15) is 0 Å². The van der Waals surface area contributed by atoms with Gasteiger partial charge in [0.25, 0.3) is 0 Å². The highest BCUT2D eigenvalue weighted by Gasteiger charge is 2.62. The summed E-state index contributed by atoms with van der Waals surface area (Å²) in [5.41, 5.74) is -0.355. The van der Waals surface area contributed by atoms with Gasteiger partial charge in [0, 0.05) is 6.61 Å². The first-order valence-corrected chi connectivity index (χ1v) is 11.2. The standard InChI is InChI=1S/C23H36O3/c1-2-25-16-26-22(24)23-14-13-19(15-23)20(17-9-5-3-6-10-17)21(23)18-11-7-4-8-12-18/h13-14,17-21H,2-12,15-16H2,1H3. The molecule has 4 aliphatic carbocycles. The Bertz CT molecular complexity index is 516. The summed E-state index contributed by atoms with van der Waals surface area (Å²) in [4.78, 5) is 13.2. The molecule has 0 aliphatic heterocycles. The summed E-state index contributed by atoms with van der Waals surface area (Å²) in [5.74, 6) is 3.36. The molecule has 0 saturated heterocycles. The van der Waals surface area contributed by atoms with Crippen molar-refractivity contribution in [1.82, 2.24) is 0 Å². The fourth-order valence-electron chi connectivity index (χ4n) is 6.93. The normalized spacial score (nSPS) is 38.0. The molecule has 3 nitrogen and oxygen atoms in total. The van der Waals surface area contributed by atoms with E-state index in [0.717, 1.165) is 12.3 Å². The lowest BCUT2D eigenvalue weighted by Gasteiger charge is -2.45. The summed E-state index contributed by atoms with van der Waals surface area (Å²) in [7, 11) is 0. The fraction of sp³-hybridized carbons (Fsp3) is 0.870. The van der Waals surface area contributed by atoms with Crippen LogP contribution in [0.5, 0.6) is 0 Å². The quantitative estimate of drug-likeness (QED) is 0.272. The molecule has 0 aromatic heterocycles. The van der Waals surface area contributed by atoms with Crippen LogP contribution in [-0.2, 0) is 14.3 Å². The van der Waals surface area contributed by atoms with Gasteiger partial charge in [0.15, 0.2) is 6.79 Å². The summed E-state index contributed by atoms with van der Waals surface area (Å²) in [6, 6.07) is 0. The number of hydrogen-bond donors (Lipinski definition) is 0. The van der Waals surface area contributed by atoms with Gasteiger partial charge in [-0.1, -0.05) is 76.4 Å². The van der Waals surface area contributed by atoms with Crippen LogP contribution in [0.4, 0.5) is 0 Å². The van der Waals surface area contributed by atoms with E-state index < -0.39 is 0 Å². The molecule has 0 amide bonds. The fourth-order valence-corrected chi connectivity index (χ4v) is 6.93. The minimum atomic E-state index is -0.355.